The van der Waals surface area contributed by atoms with Crippen LogP contribution >= 0.6 is 11.6 Å². The Labute approximate surface area is 118 Å². The lowest BCUT2D eigenvalue weighted by Crippen LogP contribution is -2.34. The van der Waals surface area contributed by atoms with Crippen molar-refractivity contribution in [3.63, 3.8) is 0 Å². The second-order valence-electron chi connectivity index (χ2n) is 4.54. The van der Waals surface area contributed by atoms with Gasteiger partial charge in [-0.3, -0.25) is 4.79 Å². The Balaban J connectivity index is 1.98. The van der Waals surface area contributed by atoms with Crippen LogP contribution in [0.4, 0.5) is 0 Å². The van der Waals surface area contributed by atoms with Crippen molar-refractivity contribution in [2.75, 3.05) is 0 Å². The van der Waals surface area contributed by atoms with Crippen LogP contribution in [0.5, 0.6) is 0 Å². The molecule has 0 fully saturated rings. The summed E-state index contributed by atoms with van der Waals surface area (Å²) in [6.45, 7) is 1.99. The molecule has 1 atom stereocenters. The third-order valence-corrected chi connectivity index (χ3v) is 3.21. The summed E-state index contributed by atoms with van der Waals surface area (Å²) < 4.78 is 0. The number of amides is 1. The molecule has 0 aliphatic carbocycles. The van der Waals surface area contributed by atoms with Crippen LogP contribution in [0.2, 0.25) is 5.02 Å². The summed E-state index contributed by atoms with van der Waals surface area (Å²) in [6, 6.07) is 17.2. The zero-order valence-corrected chi connectivity index (χ0v) is 11.5. The highest BCUT2D eigenvalue weighted by atomic mass is 35.5. The molecule has 2 aromatic carbocycles. The lowest BCUT2D eigenvalue weighted by atomic mass is 10.1. The number of benzene rings is 2. The maximum Gasteiger partial charge on any atom is 0.253 e. The van der Waals surface area contributed by atoms with E-state index in [1.807, 2.05) is 37.3 Å². The van der Waals surface area contributed by atoms with Crippen molar-refractivity contribution in [1.29, 1.82) is 0 Å². The highest BCUT2D eigenvalue weighted by Gasteiger charge is 2.12. The Hall–Kier alpha value is -1.80. The van der Waals surface area contributed by atoms with Gasteiger partial charge in [0.15, 0.2) is 0 Å². The minimum absolute atomic E-state index is 0.0613. The Morgan fingerprint density at radius 3 is 2.42 bits per heavy atom. The van der Waals surface area contributed by atoms with Gasteiger partial charge in [-0.05, 0) is 31.0 Å². The maximum atomic E-state index is 12.1. The molecule has 0 aliphatic rings. The predicted octanol–water partition coefficient (Wildman–Crippen LogP) is 3.70. The number of nitrogens with one attached hydrogen (secondary N) is 1. The van der Waals surface area contributed by atoms with Gasteiger partial charge in [0.25, 0.3) is 5.91 Å². The van der Waals surface area contributed by atoms with Gasteiger partial charge in [-0.1, -0.05) is 54.1 Å². The summed E-state index contributed by atoms with van der Waals surface area (Å²) in [7, 11) is 0. The lowest BCUT2D eigenvalue weighted by Gasteiger charge is -2.14. The average molecular weight is 274 g/mol. The second-order valence-corrected chi connectivity index (χ2v) is 4.95. The first-order chi connectivity index (χ1) is 9.16. The van der Waals surface area contributed by atoms with Gasteiger partial charge >= 0.3 is 0 Å². The number of carbonyl (C=O) groups excluding carboxylic acids is 1. The first-order valence-corrected chi connectivity index (χ1v) is 6.64. The van der Waals surface area contributed by atoms with Crippen LogP contribution in [0.1, 0.15) is 22.8 Å². The van der Waals surface area contributed by atoms with Gasteiger partial charge in [0.2, 0.25) is 0 Å². The van der Waals surface area contributed by atoms with E-state index >= 15 is 0 Å². The first kappa shape index (κ1) is 13.6. The lowest BCUT2D eigenvalue weighted by molar-refractivity contribution is 0.0940. The molecule has 19 heavy (non-hydrogen) atoms. The fourth-order valence-corrected chi connectivity index (χ4v) is 2.19. The number of hydrogen-bond donors (Lipinski definition) is 1. The minimum atomic E-state index is -0.131. The summed E-state index contributed by atoms with van der Waals surface area (Å²) in [4.78, 5) is 12.1. The van der Waals surface area contributed by atoms with Gasteiger partial charge in [-0.2, -0.15) is 0 Å². The normalized spacial score (nSPS) is 11.9. The van der Waals surface area contributed by atoms with Crippen LogP contribution in [0.3, 0.4) is 0 Å². The van der Waals surface area contributed by atoms with E-state index in [0.29, 0.717) is 10.6 Å². The molecule has 2 nitrogen and oxygen atoms in total. The molecule has 0 aromatic heterocycles. The molecule has 0 saturated heterocycles. The number of halogens is 1. The third kappa shape index (κ3) is 3.83. The molecule has 0 bridgehead atoms. The smallest absolute Gasteiger partial charge is 0.253 e. The van der Waals surface area contributed by atoms with E-state index in [1.165, 1.54) is 5.56 Å². The van der Waals surface area contributed by atoms with Crippen LogP contribution in [0.25, 0.3) is 0 Å². The molecular formula is C16H16ClNO. The van der Waals surface area contributed by atoms with Crippen LogP contribution in [-0.2, 0) is 6.42 Å². The molecule has 1 N–H and O–H groups in total. The van der Waals surface area contributed by atoms with Crippen LogP contribution in [0, 0.1) is 0 Å². The van der Waals surface area contributed by atoms with E-state index in [2.05, 4.69) is 17.4 Å². The Morgan fingerprint density at radius 1 is 1.11 bits per heavy atom. The molecule has 0 heterocycles. The minimum Gasteiger partial charge on any atom is -0.349 e. The molecule has 3 heteroatoms. The monoisotopic (exact) mass is 273 g/mol. The van der Waals surface area contributed by atoms with Crippen molar-refractivity contribution in [2.24, 2.45) is 0 Å². The summed E-state index contributed by atoms with van der Waals surface area (Å²) in [6.07, 6.45) is 0.803. The summed E-state index contributed by atoms with van der Waals surface area (Å²) >= 11 is 6.00. The van der Waals surface area contributed by atoms with Crippen molar-refractivity contribution >= 4 is 17.5 Å². The Morgan fingerprint density at radius 2 is 1.74 bits per heavy atom. The zero-order valence-electron chi connectivity index (χ0n) is 10.8. The number of rotatable bonds is 4. The van der Waals surface area contributed by atoms with E-state index < -0.39 is 0 Å². The van der Waals surface area contributed by atoms with Crippen molar-refractivity contribution in [2.45, 2.75) is 19.4 Å². The molecule has 0 aliphatic heterocycles. The third-order valence-electron chi connectivity index (χ3n) is 2.88. The van der Waals surface area contributed by atoms with Gasteiger partial charge in [0.1, 0.15) is 0 Å². The molecule has 0 saturated carbocycles. The van der Waals surface area contributed by atoms with Crippen LogP contribution in [-0.4, -0.2) is 11.9 Å². The molecule has 2 rings (SSSR count). The van der Waals surface area contributed by atoms with Crippen molar-refractivity contribution in [3.8, 4) is 0 Å². The summed E-state index contributed by atoms with van der Waals surface area (Å²) in [5.74, 6) is -0.131. The van der Waals surface area contributed by atoms with E-state index in [1.54, 1.807) is 12.1 Å². The SMILES string of the molecule is C[C@@H](Cc1ccccc1)NC(=O)c1ccccc1Cl. The Bertz CT molecular complexity index is 554. The highest BCUT2D eigenvalue weighted by molar-refractivity contribution is 6.33. The average Bonchev–Trinajstić information content (AvgIpc) is 2.40. The number of carbonyl (C=O) groups is 1. The summed E-state index contributed by atoms with van der Waals surface area (Å²) in [5.41, 5.74) is 1.72. The fraction of sp³-hybridized carbons (Fsp3) is 0.188. The standard InChI is InChI=1S/C16H16ClNO/c1-12(11-13-7-3-2-4-8-13)18-16(19)14-9-5-6-10-15(14)17/h2-10,12H,11H2,1H3,(H,18,19)/t12-/m0/s1. The molecule has 0 unspecified atom stereocenters. The largest absolute Gasteiger partial charge is 0.349 e. The fourth-order valence-electron chi connectivity index (χ4n) is 1.97. The van der Waals surface area contributed by atoms with Crippen molar-refractivity contribution in [1.82, 2.24) is 5.32 Å². The van der Waals surface area contributed by atoms with E-state index in [4.69, 9.17) is 11.6 Å². The molecular weight excluding hydrogens is 258 g/mol. The van der Waals surface area contributed by atoms with E-state index in [0.717, 1.165) is 6.42 Å². The Kier molecular flexibility index (Phi) is 4.58. The maximum absolute atomic E-state index is 12.1. The molecule has 0 radical (unpaired) electrons. The van der Waals surface area contributed by atoms with Crippen molar-refractivity contribution < 1.29 is 4.79 Å². The summed E-state index contributed by atoms with van der Waals surface area (Å²) in [5, 5.41) is 3.44. The predicted molar refractivity (Wildman–Crippen MR) is 78.5 cm³/mol. The van der Waals surface area contributed by atoms with Gasteiger partial charge in [0.05, 0.1) is 10.6 Å². The molecule has 98 valence electrons. The topological polar surface area (TPSA) is 29.1 Å². The molecule has 1 amide bonds. The number of hydrogen-bond acceptors (Lipinski definition) is 1. The van der Waals surface area contributed by atoms with Gasteiger partial charge in [-0.15, -0.1) is 0 Å². The molecule has 2 aromatic rings. The second kappa shape index (κ2) is 6.39. The van der Waals surface area contributed by atoms with Crippen LogP contribution in [0.15, 0.2) is 54.6 Å². The van der Waals surface area contributed by atoms with Gasteiger partial charge < -0.3 is 5.32 Å². The quantitative estimate of drug-likeness (QED) is 0.904. The van der Waals surface area contributed by atoms with Gasteiger partial charge in [0, 0.05) is 6.04 Å². The van der Waals surface area contributed by atoms with E-state index in [9.17, 15) is 4.79 Å². The van der Waals surface area contributed by atoms with Gasteiger partial charge in [-0.25, -0.2) is 0 Å². The first-order valence-electron chi connectivity index (χ1n) is 6.26. The molecule has 0 spiro atoms. The highest BCUT2D eigenvalue weighted by Crippen LogP contribution is 2.15. The van der Waals surface area contributed by atoms with Crippen molar-refractivity contribution in [3.05, 3.63) is 70.7 Å². The zero-order chi connectivity index (χ0) is 13.7. The van der Waals surface area contributed by atoms with E-state index in [-0.39, 0.29) is 11.9 Å². The van der Waals surface area contributed by atoms with Crippen LogP contribution < -0.4 is 5.32 Å².